The van der Waals surface area contributed by atoms with Crippen molar-refractivity contribution in [2.24, 2.45) is 11.8 Å². The highest BCUT2D eigenvalue weighted by molar-refractivity contribution is 5.82. The van der Waals surface area contributed by atoms with Gasteiger partial charge in [0.2, 0.25) is 5.91 Å². The Morgan fingerprint density at radius 1 is 1.35 bits per heavy atom. The average Bonchev–Trinajstić information content (AvgIpc) is 2.79. The predicted molar refractivity (Wildman–Crippen MR) is 65.6 cm³/mol. The third-order valence-electron chi connectivity index (χ3n) is 3.54. The Labute approximate surface area is 103 Å². The van der Waals surface area contributed by atoms with Crippen LogP contribution in [0.25, 0.3) is 0 Å². The molecule has 0 aromatic rings. The zero-order chi connectivity index (χ0) is 12.7. The predicted octanol–water partition coefficient (Wildman–Crippen LogP) is 2.18. The molecule has 4 heteroatoms. The van der Waals surface area contributed by atoms with Crippen LogP contribution in [0.2, 0.25) is 0 Å². The fraction of sp³-hybridized carbons (Fsp3) is 0.846. The molecular weight excluding hydrogens is 218 g/mol. The molecule has 1 fully saturated rings. The first-order valence-corrected chi connectivity index (χ1v) is 6.64. The van der Waals surface area contributed by atoms with Gasteiger partial charge < -0.3 is 10.4 Å². The second-order valence-corrected chi connectivity index (χ2v) is 4.90. The van der Waals surface area contributed by atoms with Gasteiger partial charge in [-0.3, -0.25) is 9.59 Å². The van der Waals surface area contributed by atoms with E-state index in [2.05, 4.69) is 12.2 Å². The van der Waals surface area contributed by atoms with Crippen LogP contribution in [0.5, 0.6) is 0 Å². The first kappa shape index (κ1) is 14.0. The number of rotatable bonds is 7. The van der Waals surface area contributed by atoms with Crippen LogP contribution in [-0.2, 0) is 9.59 Å². The SMILES string of the molecule is CCCCNC(=O)CC(C(=O)O)C1CCCC1. The van der Waals surface area contributed by atoms with Gasteiger partial charge in [-0.15, -0.1) is 0 Å². The van der Waals surface area contributed by atoms with Crippen molar-refractivity contribution in [2.75, 3.05) is 6.54 Å². The molecule has 0 bridgehead atoms. The lowest BCUT2D eigenvalue weighted by molar-refractivity contribution is -0.146. The second-order valence-electron chi connectivity index (χ2n) is 4.90. The van der Waals surface area contributed by atoms with Crippen LogP contribution in [-0.4, -0.2) is 23.5 Å². The van der Waals surface area contributed by atoms with Crippen molar-refractivity contribution < 1.29 is 14.7 Å². The maximum Gasteiger partial charge on any atom is 0.307 e. The van der Waals surface area contributed by atoms with Gasteiger partial charge in [0.15, 0.2) is 0 Å². The molecule has 0 heterocycles. The summed E-state index contributed by atoms with van der Waals surface area (Å²) in [6.07, 6.45) is 6.25. The smallest absolute Gasteiger partial charge is 0.307 e. The molecule has 0 saturated heterocycles. The fourth-order valence-electron chi connectivity index (χ4n) is 2.49. The quantitative estimate of drug-likeness (QED) is 0.671. The summed E-state index contributed by atoms with van der Waals surface area (Å²) in [6, 6.07) is 0. The van der Waals surface area contributed by atoms with E-state index in [0.717, 1.165) is 38.5 Å². The monoisotopic (exact) mass is 241 g/mol. The Hall–Kier alpha value is -1.06. The average molecular weight is 241 g/mol. The van der Waals surface area contributed by atoms with Crippen LogP contribution in [0.4, 0.5) is 0 Å². The van der Waals surface area contributed by atoms with Crippen LogP contribution in [0.15, 0.2) is 0 Å². The maximum absolute atomic E-state index is 11.6. The van der Waals surface area contributed by atoms with E-state index in [0.29, 0.717) is 6.54 Å². The molecule has 1 atom stereocenters. The van der Waals surface area contributed by atoms with Crippen molar-refractivity contribution in [3.63, 3.8) is 0 Å². The zero-order valence-electron chi connectivity index (χ0n) is 10.6. The van der Waals surface area contributed by atoms with E-state index in [9.17, 15) is 14.7 Å². The van der Waals surface area contributed by atoms with Crippen LogP contribution in [0.3, 0.4) is 0 Å². The highest BCUT2D eigenvalue weighted by atomic mass is 16.4. The summed E-state index contributed by atoms with van der Waals surface area (Å²) in [5, 5.41) is 12.0. The summed E-state index contributed by atoms with van der Waals surface area (Å²) in [5.74, 6) is -1.22. The van der Waals surface area contributed by atoms with Crippen molar-refractivity contribution in [3.05, 3.63) is 0 Å². The number of hydrogen-bond acceptors (Lipinski definition) is 2. The van der Waals surface area contributed by atoms with Gasteiger partial charge >= 0.3 is 5.97 Å². The van der Waals surface area contributed by atoms with Crippen molar-refractivity contribution in [1.82, 2.24) is 5.32 Å². The molecule has 0 radical (unpaired) electrons. The molecule has 17 heavy (non-hydrogen) atoms. The van der Waals surface area contributed by atoms with E-state index < -0.39 is 11.9 Å². The minimum absolute atomic E-state index is 0.113. The van der Waals surface area contributed by atoms with Gasteiger partial charge in [-0.1, -0.05) is 26.2 Å². The van der Waals surface area contributed by atoms with E-state index in [-0.39, 0.29) is 18.2 Å². The summed E-state index contributed by atoms with van der Waals surface area (Å²) >= 11 is 0. The molecule has 1 unspecified atom stereocenters. The summed E-state index contributed by atoms with van der Waals surface area (Å²) < 4.78 is 0. The van der Waals surface area contributed by atoms with Gasteiger partial charge in [-0.2, -0.15) is 0 Å². The lowest BCUT2D eigenvalue weighted by atomic mass is 9.88. The Balaban J connectivity index is 2.37. The minimum atomic E-state index is -0.817. The van der Waals surface area contributed by atoms with Gasteiger partial charge in [0.25, 0.3) is 0 Å². The normalized spacial score (nSPS) is 17.9. The number of carbonyl (C=O) groups is 2. The van der Waals surface area contributed by atoms with Crippen LogP contribution < -0.4 is 5.32 Å². The number of unbranched alkanes of at least 4 members (excludes halogenated alkanes) is 1. The van der Waals surface area contributed by atoms with E-state index in [1.807, 2.05) is 0 Å². The number of carboxylic acids is 1. The number of nitrogens with one attached hydrogen (secondary N) is 1. The van der Waals surface area contributed by atoms with Crippen molar-refractivity contribution in [3.8, 4) is 0 Å². The molecule has 98 valence electrons. The Bertz CT molecular complexity index is 259. The van der Waals surface area contributed by atoms with Crippen LogP contribution >= 0.6 is 0 Å². The minimum Gasteiger partial charge on any atom is -0.481 e. The molecular formula is C13H23NO3. The summed E-state index contributed by atoms with van der Waals surface area (Å²) in [7, 11) is 0. The summed E-state index contributed by atoms with van der Waals surface area (Å²) in [5.41, 5.74) is 0. The first-order chi connectivity index (χ1) is 8.15. The second kappa shape index (κ2) is 7.30. The molecule has 1 aliphatic rings. The van der Waals surface area contributed by atoms with Crippen LogP contribution in [0, 0.1) is 11.8 Å². The number of carboxylic acid groups (broad SMARTS) is 1. The molecule has 0 aromatic carbocycles. The molecule has 0 spiro atoms. The highest BCUT2D eigenvalue weighted by Crippen LogP contribution is 2.33. The molecule has 1 rings (SSSR count). The third kappa shape index (κ3) is 4.75. The molecule has 2 N–H and O–H groups in total. The Morgan fingerprint density at radius 3 is 2.53 bits per heavy atom. The largest absolute Gasteiger partial charge is 0.481 e. The van der Waals surface area contributed by atoms with Crippen molar-refractivity contribution >= 4 is 11.9 Å². The van der Waals surface area contributed by atoms with Gasteiger partial charge in [0.05, 0.1) is 5.92 Å². The van der Waals surface area contributed by atoms with Crippen molar-refractivity contribution in [1.29, 1.82) is 0 Å². The van der Waals surface area contributed by atoms with E-state index in [4.69, 9.17) is 0 Å². The van der Waals surface area contributed by atoms with Gasteiger partial charge in [-0.25, -0.2) is 0 Å². The topological polar surface area (TPSA) is 66.4 Å². The Kier molecular flexibility index (Phi) is 6.01. The molecule has 0 aliphatic heterocycles. The van der Waals surface area contributed by atoms with Crippen molar-refractivity contribution in [2.45, 2.75) is 51.9 Å². The number of amides is 1. The van der Waals surface area contributed by atoms with E-state index >= 15 is 0 Å². The number of hydrogen-bond donors (Lipinski definition) is 2. The molecule has 0 aromatic heterocycles. The lowest BCUT2D eigenvalue weighted by Crippen LogP contribution is -2.31. The highest BCUT2D eigenvalue weighted by Gasteiger charge is 2.32. The maximum atomic E-state index is 11.6. The fourth-order valence-corrected chi connectivity index (χ4v) is 2.49. The van der Waals surface area contributed by atoms with E-state index in [1.54, 1.807) is 0 Å². The lowest BCUT2D eigenvalue weighted by Gasteiger charge is -2.18. The van der Waals surface area contributed by atoms with Gasteiger partial charge in [0, 0.05) is 13.0 Å². The Morgan fingerprint density at radius 2 is 2.00 bits per heavy atom. The molecule has 4 nitrogen and oxygen atoms in total. The third-order valence-corrected chi connectivity index (χ3v) is 3.54. The first-order valence-electron chi connectivity index (χ1n) is 6.64. The molecule has 1 saturated carbocycles. The van der Waals surface area contributed by atoms with Gasteiger partial charge in [-0.05, 0) is 25.2 Å². The van der Waals surface area contributed by atoms with E-state index in [1.165, 1.54) is 0 Å². The van der Waals surface area contributed by atoms with Gasteiger partial charge in [0.1, 0.15) is 0 Å². The zero-order valence-corrected chi connectivity index (χ0v) is 10.6. The number of carbonyl (C=O) groups excluding carboxylic acids is 1. The molecule has 1 amide bonds. The number of aliphatic carboxylic acids is 1. The summed E-state index contributed by atoms with van der Waals surface area (Å²) in [4.78, 5) is 22.8. The summed E-state index contributed by atoms with van der Waals surface area (Å²) in [6.45, 7) is 2.72. The molecule has 1 aliphatic carbocycles. The standard InChI is InChI=1S/C13H23NO3/c1-2-3-8-14-12(15)9-11(13(16)17)10-6-4-5-7-10/h10-11H,2-9H2,1H3,(H,14,15)(H,16,17). The van der Waals surface area contributed by atoms with Crippen LogP contribution in [0.1, 0.15) is 51.9 Å².